The summed E-state index contributed by atoms with van der Waals surface area (Å²) >= 11 is 0. The Balaban J connectivity index is 1.80. The smallest absolute Gasteiger partial charge is 0.257 e. The summed E-state index contributed by atoms with van der Waals surface area (Å²) in [6.45, 7) is 2.77. The van der Waals surface area contributed by atoms with Crippen molar-refractivity contribution in [1.29, 1.82) is 0 Å². The van der Waals surface area contributed by atoms with Gasteiger partial charge in [-0.05, 0) is 50.4 Å². The van der Waals surface area contributed by atoms with E-state index in [2.05, 4.69) is 10.2 Å². The van der Waals surface area contributed by atoms with Crippen molar-refractivity contribution < 1.29 is 9.59 Å². The highest BCUT2D eigenvalue weighted by atomic mass is 16.2. The van der Waals surface area contributed by atoms with Gasteiger partial charge in [-0.15, -0.1) is 0 Å². The normalized spacial score (nSPS) is 19.2. The second kappa shape index (κ2) is 7.90. The number of hydrogen-bond acceptors (Lipinski definition) is 4. The van der Waals surface area contributed by atoms with Crippen LogP contribution < -0.4 is 11.1 Å². The van der Waals surface area contributed by atoms with Gasteiger partial charge in [-0.1, -0.05) is 18.2 Å². The summed E-state index contributed by atoms with van der Waals surface area (Å²) in [6, 6.07) is 8.79. The van der Waals surface area contributed by atoms with Gasteiger partial charge in [-0.3, -0.25) is 19.8 Å². The Hall–Kier alpha value is -1.72. The second-order valence-electron chi connectivity index (χ2n) is 5.56. The van der Waals surface area contributed by atoms with Crippen molar-refractivity contribution in [1.82, 2.24) is 10.2 Å². The molecule has 2 amide bonds. The highest BCUT2D eigenvalue weighted by Gasteiger charge is 2.21. The third kappa shape index (κ3) is 4.95. The predicted octanol–water partition coefficient (Wildman–Crippen LogP) is 1.00. The first-order valence-corrected chi connectivity index (χ1v) is 7.50. The lowest BCUT2D eigenvalue weighted by Crippen LogP contribution is -2.44. The maximum Gasteiger partial charge on any atom is 0.257 e. The van der Waals surface area contributed by atoms with Crippen LogP contribution in [0.15, 0.2) is 30.3 Å². The average molecular weight is 289 g/mol. The van der Waals surface area contributed by atoms with Crippen LogP contribution in [0.1, 0.15) is 29.6 Å². The molecule has 0 saturated carbocycles. The van der Waals surface area contributed by atoms with Crippen molar-refractivity contribution in [3.05, 3.63) is 35.9 Å². The van der Waals surface area contributed by atoms with E-state index in [0.29, 0.717) is 18.0 Å². The second-order valence-corrected chi connectivity index (χ2v) is 5.56. The first-order chi connectivity index (χ1) is 10.2. The lowest BCUT2D eigenvalue weighted by Gasteiger charge is -2.31. The Morgan fingerprint density at radius 3 is 2.76 bits per heavy atom. The molecule has 1 aromatic rings. The number of nitrogens with zero attached hydrogens (tertiary/aromatic N) is 1. The molecule has 5 nitrogen and oxygen atoms in total. The lowest BCUT2D eigenvalue weighted by molar-refractivity contribution is -0.121. The molecule has 0 spiro atoms. The van der Waals surface area contributed by atoms with Gasteiger partial charge in [0.15, 0.2) is 0 Å². The maximum atomic E-state index is 12.0. The molecule has 21 heavy (non-hydrogen) atoms. The standard InChI is InChI=1S/C16H23N3O2/c17-9-8-13-5-4-10-19(11-13)12-15(20)18-16(21)14-6-2-1-3-7-14/h1-3,6-7,13H,4-5,8-12,17H2,(H,18,20,21). The van der Waals surface area contributed by atoms with Crippen LogP contribution in [-0.4, -0.2) is 42.9 Å². The Bertz CT molecular complexity index is 474. The van der Waals surface area contributed by atoms with E-state index >= 15 is 0 Å². The van der Waals surface area contributed by atoms with Crippen LogP contribution in [0, 0.1) is 5.92 Å². The van der Waals surface area contributed by atoms with E-state index in [1.807, 2.05) is 6.07 Å². The molecule has 1 aromatic carbocycles. The van der Waals surface area contributed by atoms with Gasteiger partial charge in [0.25, 0.3) is 5.91 Å². The summed E-state index contributed by atoms with van der Waals surface area (Å²) in [5.74, 6) is -0.00487. The molecule has 1 aliphatic heterocycles. The van der Waals surface area contributed by atoms with Crippen LogP contribution >= 0.6 is 0 Å². The molecular weight excluding hydrogens is 266 g/mol. The molecular formula is C16H23N3O2. The molecule has 1 atom stereocenters. The Morgan fingerprint density at radius 2 is 2.05 bits per heavy atom. The third-order valence-electron chi connectivity index (χ3n) is 3.83. The van der Waals surface area contributed by atoms with Crippen LogP contribution in [0.25, 0.3) is 0 Å². The average Bonchev–Trinajstić information content (AvgIpc) is 2.48. The van der Waals surface area contributed by atoms with E-state index in [0.717, 1.165) is 25.9 Å². The third-order valence-corrected chi connectivity index (χ3v) is 3.83. The van der Waals surface area contributed by atoms with E-state index in [1.165, 1.54) is 6.42 Å². The number of imide groups is 1. The number of nitrogens with two attached hydrogens (primary N) is 1. The molecule has 1 fully saturated rings. The van der Waals surface area contributed by atoms with E-state index in [9.17, 15) is 9.59 Å². The van der Waals surface area contributed by atoms with E-state index in [4.69, 9.17) is 5.73 Å². The van der Waals surface area contributed by atoms with Crippen LogP contribution in [0.3, 0.4) is 0 Å². The highest BCUT2D eigenvalue weighted by Crippen LogP contribution is 2.18. The van der Waals surface area contributed by atoms with Gasteiger partial charge in [0.1, 0.15) is 0 Å². The first-order valence-electron chi connectivity index (χ1n) is 7.50. The lowest BCUT2D eigenvalue weighted by atomic mass is 9.95. The Kier molecular flexibility index (Phi) is 5.90. The minimum absolute atomic E-state index is 0.239. The van der Waals surface area contributed by atoms with Crippen LogP contribution in [-0.2, 0) is 4.79 Å². The van der Waals surface area contributed by atoms with Crippen LogP contribution in [0.2, 0.25) is 0 Å². The zero-order chi connectivity index (χ0) is 15.1. The summed E-state index contributed by atoms with van der Waals surface area (Å²) in [5.41, 5.74) is 6.10. The number of nitrogens with one attached hydrogen (secondary N) is 1. The monoisotopic (exact) mass is 289 g/mol. The molecule has 1 heterocycles. The molecule has 1 saturated heterocycles. The topological polar surface area (TPSA) is 75.4 Å². The van der Waals surface area contributed by atoms with E-state index in [-0.39, 0.29) is 18.4 Å². The predicted molar refractivity (Wildman–Crippen MR) is 81.8 cm³/mol. The maximum absolute atomic E-state index is 12.0. The number of carbonyl (C=O) groups excluding carboxylic acids is 2. The number of amides is 2. The van der Waals surface area contributed by atoms with Gasteiger partial charge >= 0.3 is 0 Å². The first kappa shape index (κ1) is 15.7. The SMILES string of the molecule is NCCC1CCCN(CC(=O)NC(=O)c2ccccc2)C1. The number of hydrogen-bond donors (Lipinski definition) is 2. The molecule has 1 unspecified atom stereocenters. The fraction of sp³-hybridized carbons (Fsp3) is 0.500. The summed E-state index contributed by atoms with van der Waals surface area (Å²) in [5, 5.41) is 2.45. The van der Waals surface area contributed by atoms with Crippen LogP contribution in [0.5, 0.6) is 0 Å². The fourth-order valence-electron chi connectivity index (χ4n) is 2.80. The van der Waals surface area contributed by atoms with Gasteiger partial charge in [0.2, 0.25) is 5.91 Å². The van der Waals surface area contributed by atoms with Crippen molar-refractivity contribution >= 4 is 11.8 Å². The molecule has 0 radical (unpaired) electrons. The number of rotatable bonds is 5. The molecule has 0 aliphatic carbocycles. The Morgan fingerprint density at radius 1 is 1.29 bits per heavy atom. The van der Waals surface area contributed by atoms with Crippen molar-refractivity contribution in [3.8, 4) is 0 Å². The van der Waals surface area contributed by atoms with Crippen LogP contribution in [0.4, 0.5) is 0 Å². The van der Waals surface area contributed by atoms with Crippen molar-refractivity contribution in [2.45, 2.75) is 19.3 Å². The molecule has 1 aliphatic rings. The number of benzene rings is 1. The molecule has 2 rings (SSSR count). The van der Waals surface area contributed by atoms with Crippen molar-refractivity contribution in [2.75, 3.05) is 26.2 Å². The Labute approximate surface area is 125 Å². The van der Waals surface area contributed by atoms with Gasteiger partial charge in [0, 0.05) is 12.1 Å². The molecule has 0 aromatic heterocycles. The van der Waals surface area contributed by atoms with Gasteiger partial charge < -0.3 is 5.73 Å². The zero-order valence-electron chi connectivity index (χ0n) is 12.3. The van der Waals surface area contributed by atoms with E-state index < -0.39 is 0 Å². The largest absolute Gasteiger partial charge is 0.330 e. The molecule has 3 N–H and O–H groups in total. The quantitative estimate of drug-likeness (QED) is 0.848. The highest BCUT2D eigenvalue weighted by molar-refractivity contribution is 6.05. The van der Waals surface area contributed by atoms with Crippen molar-refractivity contribution in [2.24, 2.45) is 11.7 Å². The fourth-order valence-corrected chi connectivity index (χ4v) is 2.80. The van der Waals surface area contributed by atoms with Gasteiger partial charge in [-0.25, -0.2) is 0 Å². The summed E-state index contributed by atoms with van der Waals surface area (Å²) in [6.07, 6.45) is 3.27. The summed E-state index contributed by atoms with van der Waals surface area (Å²) in [7, 11) is 0. The molecule has 0 bridgehead atoms. The minimum Gasteiger partial charge on any atom is -0.330 e. The number of carbonyl (C=O) groups is 2. The molecule has 5 heteroatoms. The van der Waals surface area contributed by atoms with Gasteiger partial charge in [-0.2, -0.15) is 0 Å². The number of likely N-dealkylation sites (tertiary alicyclic amines) is 1. The summed E-state index contributed by atoms with van der Waals surface area (Å²) < 4.78 is 0. The van der Waals surface area contributed by atoms with Crippen molar-refractivity contribution in [3.63, 3.8) is 0 Å². The molecule has 114 valence electrons. The number of piperidine rings is 1. The van der Waals surface area contributed by atoms with E-state index in [1.54, 1.807) is 24.3 Å². The zero-order valence-corrected chi connectivity index (χ0v) is 12.3. The minimum atomic E-state index is -0.337. The van der Waals surface area contributed by atoms with Gasteiger partial charge in [0.05, 0.1) is 6.54 Å². The summed E-state index contributed by atoms with van der Waals surface area (Å²) in [4.78, 5) is 26.0.